The van der Waals surface area contributed by atoms with Gasteiger partial charge in [-0.3, -0.25) is 10.1 Å². The zero-order valence-corrected chi connectivity index (χ0v) is 12.8. The number of hydrogen-bond donors (Lipinski definition) is 1. The van der Waals surface area contributed by atoms with Crippen LogP contribution in [0.2, 0.25) is 0 Å². The summed E-state index contributed by atoms with van der Waals surface area (Å²) in [5.74, 6) is -0.482. The van der Waals surface area contributed by atoms with Crippen LogP contribution in [0.3, 0.4) is 0 Å². The second-order valence-corrected chi connectivity index (χ2v) is 5.88. The van der Waals surface area contributed by atoms with Gasteiger partial charge in [-0.1, -0.05) is 0 Å². The second kappa shape index (κ2) is 5.78. The van der Waals surface area contributed by atoms with E-state index in [0.29, 0.717) is 6.54 Å². The zero-order chi connectivity index (χ0) is 14.0. The van der Waals surface area contributed by atoms with E-state index in [1.165, 1.54) is 17.4 Å². The lowest BCUT2D eigenvalue weighted by atomic mass is 10.2. The van der Waals surface area contributed by atoms with Crippen molar-refractivity contribution < 1.29 is 9.31 Å². The predicted octanol–water partition coefficient (Wildman–Crippen LogP) is 3.72. The number of aryl methyl sites for hydroxylation is 1. The summed E-state index contributed by atoms with van der Waals surface area (Å²) in [6.45, 7) is 2.20. The lowest BCUT2D eigenvalue weighted by Crippen LogP contribution is -2.04. The molecule has 1 N–H and O–H groups in total. The van der Waals surface area contributed by atoms with Gasteiger partial charge in [0.1, 0.15) is 16.5 Å². The predicted molar refractivity (Wildman–Crippen MR) is 79.9 cm³/mol. The third-order valence-electron chi connectivity index (χ3n) is 2.33. The molecule has 100 valence electrons. The lowest BCUT2D eigenvalue weighted by molar-refractivity contribution is -0.384. The number of nitrogens with one attached hydrogen (secondary N) is 1. The zero-order valence-electron chi connectivity index (χ0n) is 9.81. The molecule has 0 aliphatic rings. The van der Waals surface area contributed by atoms with Crippen molar-refractivity contribution >= 4 is 45.3 Å². The van der Waals surface area contributed by atoms with Gasteiger partial charge in [0.15, 0.2) is 0 Å². The van der Waals surface area contributed by atoms with Crippen molar-refractivity contribution in [1.29, 1.82) is 0 Å². The monoisotopic (exact) mass is 393 g/mol. The molecule has 0 bridgehead atoms. The first-order valence-electron chi connectivity index (χ1n) is 5.25. The average molecular weight is 393 g/mol. The van der Waals surface area contributed by atoms with Crippen molar-refractivity contribution in [1.82, 2.24) is 4.98 Å². The molecule has 1 heterocycles. The van der Waals surface area contributed by atoms with Gasteiger partial charge in [0.05, 0.1) is 15.0 Å². The molecule has 0 atom stereocenters. The SMILES string of the molecule is Cc1csc(CNc2cc(F)c(I)cc2[N+](=O)[O-])n1. The summed E-state index contributed by atoms with van der Waals surface area (Å²) in [6, 6.07) is 2.35. The van der Waals surface area contributed by atoms with Crippen LogP contribution in [-0.4, -0.2) is 9.91 Å². The summed E-state index contributed by atoms with van der Waals surface area (Å²) in [5.41, 5.74) is 0.917. The highest BCUT2D eigenvalue weighted by Crippen LogP contribution is 2.29. The summed E-state index contributed by atoms with van der Waals surface area (Å²) < 4.78 is 13.7. The molecule has 0 unspecified atom stereocenters. The first-order valence-corrected chi connectivity index (χ1v) is 7.21. The Kier molecular flexibility index (Phi) is 4.30. The highest BCUT2D eigenvalue weighted by molar-refractivity contribution is 14.1. The number of nitro groups is 1. The second-order valence-electron chi connectivity index (χ2n) is 3.78. The van der Waals surface area contributed by atoms with Gasteiger partial charge in [-0.2, -0.15) is 0 Å². The van der Waals surface area contributed by atoms with E-state index in [0.717, 1.165) is 16.8 Å². The molecule has 1 aromatic carbocycles. The number of halogens is 2. The Morgan fingerprint density at radius 2 is 2.32 bits per heavy atom. The van der Waals surface area contributed by atoms with Gasteiger partial charge in [-0.05, 0) is 29.5 Å². The minimum Gasteiger partial charge on any atom is -0.373 e. The van der Waals surface area contributed by atoms with Crippen LogP contribution in [0.25, 0.3) is 0 Å². The van der Waals surface area contributed by atoms with Crippen molar-refractivity contribution in [2.45, 2.75) is 13.5 Å². The van der Waals surface area contributed by atoms with Crippen molar-refractivity contribution in [3.8, 4) is 0 Å². The Morgan fingerprint density at radius 1 is 1.58 bits per heavy atom. The summed E-state index contributed by atoms with van der Waals surface area (Å²) in [7, 11) is 0. The molecule has 0 saturated carbocycles. The van der Waals surface area contributed by atoms with Crippen molar-refractivity contribution in [2.24, 2.45) is 0 Å². The van der Waals surface area contributed by atoms with Gasteiger partial charge >= 0.3 is 0 Å². The number of thiazole rings is 1. The van der Waals surface area contributed by atoms with Crippen LogP contribution in [0, 0.1) is 26.4 Å². The van der Waals surface area contributed by atoms with Gasteiger partial charge < -0.3 is 5.32 Å². The molecule has 0 radical (unpaired) electrons. The maximum absolute atomic E-state index is 13.5. The van der Waals surface area contributed by atoms with E-state index < -0.39 is 10.7 Å². The van der Waals surface area contributed by atoms with Gasteiger partial charge in [0.25, 0.3) is 5.69 Å². The number of anilines is 1. The fourth-order valence-electron chi connectivity index (χ4n) is 1.48. The summed E-state index contributed by atoms with van der Waals surface area (Å²) in [5, 5.41) is 16.5. The van der Waals surface area contributed by atoms with Crippen LogP contribution >= 0.6 is 33.9 Å². The minimum absolute atomic E-state index is 0.140. The Bertz CT molecular complexity index is 632. The third kappa shape index (κ3) is 3.38. The largest absolute Gasteiger partial charge is 0.373 e. The van der Waals surface area contributed by atoms with E-state index >= 15 is 0 Å². The Balaban J connectivity index is 2.23. The quantitative estimate of drug-likeness (QED) is 0.489. The van der Waals surface area contributed by atoms with Crippen LogP contribution in [0.1, 0.15) is 10.7 Å². The van der Waals surface area contributed by atoms with E-state index in [2.05, 4.69) is 10.3 Å². The molecular formula is C11H9FIN3O2S. The van der Waals surface area contributed by atoms with Crippen LogP contribution in [0.4, 0.5) is 15.8 Å². The minimum atomic E-state index is -0.531. The fraction of sp³-hybridized carbons (Fsp3) is 0.182. The van der Waals surface area contributed by atoms with E-state index in [4.69, 9.17) is 0 Å². The van der Waals surface area contributed by atoms with Gasteiger partial charge in [0, 0.05) is 23.2 Å². The molecule has 0 aliphatic carbocycles. The first kappa shape index (κ1) is 14.1. The number of aromatic nitrogens is 1. The highest BCUT2D eigenvalue weighted by Gasteiger charge is 2.17. The topological polar surface area (TPSA) is 68.1 Å². The van der Waals surface area contributed by atoms with Crippen LogP contribution < -0.4 is 5.32 Å². The molecule has 0 fully saturated rings. The number of nitrogens with zero attached hydrogens (tertiary/aromatic N) is 2. The Morgan fingerprint density at radius 3 is 2.89 bits per heavy atom. The van der Waals surface area contributed by atoms with Crippen molar-refractivity contribution in [3.05, 3.63) is 47.7 Å². The average Bonchev–Trinajstić information content (AvgIpc) is 2.76. The first-order chi connectivity index (χ1) is 8.97. The molecule has 8 heteroatoms. The van der Waals surface area contributed by atoms with Crippen LogP contribution in [0.15, 0.2) is 17.5 Å². The molecule has 2 rings (SSSR count). The Labute approximate surface area is 126 Å². The number of hydrogen-bond acceptors (Lipinski definition) is 5. The van der Waals surface area contributed by atoms with E-state index in [-0.39, 0.29) is 14.9 Å². The molecule has 0 saturated heterocycles. The molecule has 0 amide bonds. The molecule has 0 aliphatic heterocycles. The highest BCUT2D eigenvalue weighted by atomic mass is 127. The molecular weight excluding hydrogens is 384 g/mol. The molecule has 19 heavy (non-hydrogen) atoms. The molecule has 1 aromatic heterocycles. The van der Waals surface area contributed by atoms with Crippen molar-refractivity contribution in [2.75, 3.05) is 5.32 Å². The summed E-state index contributed by atoms with van der Waals surface area (Å²) in [4.78, 5) is 14.6. The van der Waals surface area contributed by atoms with Crippen LogP contribution in [-0.2, 0) is 6.54 Å². The Hall–Kier alpha value is -1.29. The fourth-order valence-corrected chi connectivity index (χ4v) is 2.65. The molecule has 5 nitrogen and oxygen atoms in total. The van der Waals surface area contributed by atoms with E-state index in [9.17, 15) is 14.5 Å². The maximum Gasteiger partial charge on any atom is 0.293 e. The number of benzene rings is 1. The lowest BCUT2D eigenvalue weighted by Gasteiger charge is -2.06. The van der Waals surface area contributed by atoms with Gasteiger partial charge in [0.2, 0.25) is 0 Å². The van der Waals surface area contributed by atoms with Crippen LogP contribution in [0.5, 0.6) is 0 Å². The van der Waals surface area contributed by atoms with E-state index in [1.807, 2.05) is 12.3 Å². The van der Waals surface area contributed by atoms with Gasteiger partial charge in [-0.25, -0.2) is 9.37 Å². The van der Waals surface area contributed by atoms with Crippen molar-refractivity contribution in [3.63, 3.8) is 0 Å². The smallest absolute Gasteiger partial charge is 0.293 e. The maximum atomic E-state index is 13.5. The number of rotatable bonds is 4. The van der Waals surface area contributed by atoms with Gasteiger partial charge in [-0.15, -0.1) is 11.3 Å². The summed E-state index contributed by atoms with van der Waals surface area (Å²) >= 11 is 3.18. The van der Waals surface area contributed by atoms with E-state index in [1.54, 1.807) is 22.6 Å². The standard InChI is InChI=1S/C11H9FIN3O2S/c1-6-5-19-11(15-6)4-14-9-2-7(12)8(13)3-10(9)16(17)18/h2-3,5,14H,4H2,1H3. The normalized spacial score (nSPS) is 10.5. The number of nitro benzene ring substituents is 1. The molecule has 2 aromatic rings. The molecule has 0 spiro atoms. The third-order valence-corrected chi connectivity index (χ3v) is 4.13. The summed E-state index contributed by atoms with van der Waals surface area (Å²) in [6.07, 6.45) is 0.